The molecule has 0 saturated heterocycles. The lowest BCUT2D eigenvalue weighted by Crippen LogP contribution is -2.24. The number of esters is 1. The van der Waals surface area contributed by atoms with Crippen LogP contribution in [0.2, 0.25) is 5.02 Å². The van der Waals surface area contributed by atoms with Crippen LogP contribution in [0.5, 0.6) is 11.5 Å². The Kier molecular flexibility index (Phi) is 7.20. The third-order valence-electron chi connectivity index (χ3n) is 5.06. The Balaban J connectivity index is 1.53. The fourth-order valence-corrected chi connectivity index (χ4v) is 3.56. The molecule has 0 spiro atoms. The number of carbonyl (C=O) groups excluding carboxylic acids is 2. The van der Waals surface area contributed by atoms with Gasteiger partial charge < -0.3 is 9.47 Å². The number of halogens is 1. The van der Waals surface area contributed by atoms with Gasteiger partial charge in [-0.15, -0.1) is 0 Å². The number of nitrogens with one attached hydrogen (secondary N) is 1. The molecule has 0 bridgehead atoms. The second-order valence-corrected chi connectivity index (χ2v) is 7.82. The molecule has 0 aliphatic carbocycles. The molecule has 34 heavy (non-hydrogen) atoms. The molecule has 0 aromatic heterocycles. The Hall–Kier alpha value is -4.16. The van der Waals surface area contributed by atoms with E-state index in [-0.39, 0.29) is 17.9 Å². The van der Waals surface area contributed by atoms with Gasteiger partial charge in [0, 0.05) is 5.56 Å². The number of aryl methyl sites for hydroxylation is 1. The van der Waals surface area contributed by atoms with E-state index in [0.29, 0.717) is 16.3 Å². The molecular weight excluding hydrogens is 452 g/mol. The maximum Gasteiger partial charge on any atom is 0.345 e. The molecule has 1 amide bonds. The van der Waals surface area contributed by atoms with Crippen LogP contribution in [0.3, 0.4) is 0 Å². The molecule has 0 aliphatic rings. The molecule has 0 heterocycles. The minimum atomic E-state index is -0.591. The summed E-state index contributed by atoms with van der Waals surface area (Å²) < 4.78 is 11.2. The van der Waals surface area contributed by atoms with Gasteiger partial charge in [-0.1, -0.05) is 72.3 Å². The van der Waals surface area contributed by atoms with Crippen molar-refractivity contribution in [3.05, 3.63) is 107 Å². The standard InChI is InChI=1S/C27H21ClN2O4/c1-18-8-2-7-13-24(18)33-17-26(31)30-29-16-22-20-10-4-3-9-19(20)14-15-25(22)34-27(32)21-11-5-6-12-23(21)28/h2-16H,17H2,1H3,(H,30,31)/b29-16+. The quantitative estimate of drug-likeness (QED) is 0.165. The summed E-state index contributed by atoms with van der Waals surface area (Å²) in [6.45, 7) is 1.71. The van der Waals surface area contributed by atoms with Crippen LogP contribution in [0.15, 0.2) is 90.0 Å². The molecule has 0 aliphatic heterocycles. The predicted molar refractivity (Wildman–Crippen MR) is 133 cm³/mol. The Morgan fingerprint density at radius 1 is 0.912 bits per heavy atom. The topological polar surface area (TPSA) is 77.0 Å². The number of hydrogen-bond acceptors (Lipinski definition) is 5. The number of hydrazone groups is 1. The highest BCUT2D eigenvalue weighted by Gasteiger charge is 2.16. The van der Waals surface area contributed by atoms with E-state index >= 15 is 0 Å². The van der Waals surface area contributed by atoms with Gasteiger partial charge in [0.2, 0.25) is 0 Å². The fraction of sp³-hybridized carbons (Fsp3) is 0.0741. The van der Waals surface area contributed by atoms with E-state index in [1.165, 1.54) is 6.21 Å². The van der Waals surface area contributed by atoms with Crippen LogP contribution in [-0.4, -0.2) is 24.7 Å². The zero-order chi connectivity index (χ0) is 23.9. The number of para-hydroxylation sites is 1. The summed E-state index contributed by atoms with van der Waals surface area (Å²) in [5.74, 6) is -0.0946. The molecular formula is C27H21ClN2O4. The molecule has 1 N–H and O–H groups in total. The monoisotopic (exact) mass is 472 g/mol. The smallest absolute Gasteiger partial charge is 0.345 e. The molecule has 0 radical (unpaired) electrons. The lowest BCUT2D eigenvalue weighted by molar-refractivity contribution is -0.123. The van der Waals surface area contributed by atoms with Gasteiger partial charge in [-0.2, -0.15) is 5.10 Å². The van der Waals surface area contributed by atoms with Crippen LogP contribution >= 0.6 is 11.6 Å². The van der Waals surface area contributed by atoms with E-state index in [1.807, 2.05) is 55.5 Å². The number of nitrogens with zero attached hydrogens (tertiary/aromatic N) is 1. The maximum atomic E-state index is 12.7. The number of amides is 1. The highest BCUT2D eigenvalue weighted by Crippen LogP contribution is 2.28. The van der Waals surface area contributed by atoms with Crippen molar-refractivity contribution < 1.29 is 19.1 Å². The Morgan fingerprint density at radius 2 is 1.65 bits per heavy atom. The summed E-state index contributed by atoms with van der Waals surface area (Å²) in [5, 5.41) is 6.09. The van der Waals surface area contributed by atoms with Gasteiger partial charge in [-0.25, -0.2) is 10.2 Å². The second kappa shape index (κ2) is 10.6. The first kappa shape index (κ1) is 23.0. The molecule has 170 valence electrons. The SMILES string of the molecule is Cc1ccccc1OCC(=O)N/N=C/c1c(OC(=O)c2ccccc2Cl)ccc2ccccc12. The Bertz CT molecular complexity index is 1380. The highest BCUT2D eigenvalue weighted by molar-refractivity contribution is 6.33. The van der Waals surface area contributed by atoms with E-state index in [1.54, 1.807) is 36.4 Å². The van der Waals surface area contributed by atoms with E-state index in [0.717, 1.165) is 16.3 Å². The fourth-order valence-electron chi connectivity index (χ4n) is 3.34. The number of benzene rings is 4. The molecule has 7 heteroatoms. The number of rotatable bonds is 7. The lowest BCUT2D eigenvalue weighted by atomic mass is 10.0. The molecule has 4 rings (SSSR count). The number of carbonyl (C=O) groups is 2. The number of fused-ring (bicyclic) bond motifs is 1. The highest BCUT2D eigenvalue weighted by atomic mass is 35.5. The lowest BCUT2D eigenvalue weighted by Gasteiger charge is -2.11. The average molecular weight is 473 g/mol. The molecule has 0 fully saturated rings. The van der Waals surface area contributed by atoms with Gasteiger partial charge in [-0.05, 0) is 47.5 Å². The van der Waals surface area contributed by atoms with Crippen LogP contribution in [-0.2, 0) is 4.79 Å². The molecule has 0 atom stereocenters. The van der Waals surface area contributed by atoms with E-state index in [2.05, 4.69) is 10.5 Å². The summed E-state index contributed by atoms with van der Waals surface area (Å²) in [5.41, 5.74) is 4.17. The van der Waals surface area contributed by atoms with Crippen LogP contribution in [0, 0.1) is 6.92 Å². The molecule has 0 unspecified atom stereocenters. The van der Waals surface area contributed by atoms with Crippen LogP contribution in [0.25, 0.3) is 10.8 Å². The first-order valence-corrected chi connectivity index (χ1v) is 10.9. The van der Waals surface area contributed by atoms with Crippen molar-refractivity contribution in [3.63, 3.8) is 0 Å². The largest absolute Gasteiger partial charge is 0.483 e. The van der Waals surface area contributed by atoms with E-state index in [4.69, 9.17) is 21.1 Å². The van der Waals surface area contributed by atoms with Gasteiger partial charge in [0.1, 0.15) is 11.5 Å². The van der Waals surface area contributed by atoms with Gasteiger partial charge in [0.05, 0.1) is 16.8 Å². The molecule has 0 saturated carbocycles. The Morgan fingerprint density at radius 3 is 2.47 bits per heavy atom. The van der Waals surface area contributed by atoms with Crippen molar-refractivity contribution in [2.24, 2.45) is 5.10 Å². The van der Waals surface area contributed by atoms with Crippen LogP contribution in [0.4, 0.5) is 0 Å². The van der Waals surface area contributed by atoms with Gasteiger partial charge in [0.15, 0.2) is 6.61 Å². The number of hydrogen-bond donors (Lipinski definition) is 1. The minimum absolute atomic E-state index is 0.188. The summed E-state index contributed by atoms with van der Waals surface area (Å²) in [6, 6.07) is 25.2. The van der Waals surface area contributed by atoms with Crippen LogP contribution < -0.4 is 14.9 Å². The summed E-state index contributed by atoms with van der Waals surface area (Å²) >= 11 is 6.14. The summed E-state index contributed by atoms with van der Waals surface area (Å²) in [6.07, 6.45) is 1.45. The third-order valence-corrected chi connectivity index (χ3v) is 5.39. The summed E-state index contributed by atoms with van der Waals surface area (Å²) in [4.78, 5) is 24.9. The second-order valence-electron chi connectivity index (χ2n) is 7.42. The average Bonchev–Trinajstić information content (AvgIpc) is 2.85. The molecule has 4 aromatic rings. The van der Waals surface area contributed by atoms with Crippen molar-refractivity contribution in [2.75, 3.05) is 6.61 Å². The van der Waals surface area contributed by atoms with Crippen molar-refractivity contribution in [3.8, 4) is 11.5 Å². The van der Waals surface area contributed by atoms with Crippen molar-refractivity contribution in [1.82, 2.24) is 5.43 Å². The normalized spacial score (nSPS) is 10.9. The molecule has 6 nitrogen and oxygen atoms in total. The Labute approximate surface area is 201 Å². The van der Waals surface area contributed by atoms with Gasteiger partial charge >= 0.3 is 5.97 Å². The van der Waals surface area contributed by atoms with E-state index in [9.17, 15) is 9.59 Å². The third kappa shape index (κ3) is 5.42. The maximum absolute atomic E-state index is 12.7. The first-order valence-electron chi connectivity index (χ1n) is 10.5. The minimum Gasteiger partial charge on any atom is -0.483 e. The van der Waals surface area contributed by atoms with Crippen molar-refractivity contribution in [2.45, 2.75) is 6.92 Å². The van der Waals surface area contributed by atoms with Crippen molar-refractivity contribution in [1.29, 1.82) is 0 Å². The van der Waals surface area contributed by atoms with Gasteiger partial charge in [0.25, 0.3) is 5.91 Å². The van der Waals surface area contributed by atoms with Crippen molar-refractivity contribution >= 4 is 40.5 Å². The van der Waals surface area contributed by atoms with E-state index < -0.39 is 11.9 Å². The zero-order valence-electron chi connectivity index (χ0n) is 18.3. The zero-order valence-corrected chi connectivity index (χ0v) is 19.1. The number of ether oxygens (including phenoxy) is 2. The van der Waals surface area contributed by atoms with Gasteiger partial charge in [-0.3, -0.25) is 4.79 Å². The summed E-state index contributed by atoms with van der Waals surface area (Å²) in [7, 11) is 0. The predicted octanol–water partition coefficient (Wildman–Crippen LogP) is 5.55. The first-order chi connectivity index (χ1) is 16.5. The van der Waals surface area contributed by atoms with Crippen LogP contribution in [0.1, 0.15) is 21.5 Å². The molecule has 4 aromatic carbocycles.